The van der Waals surface area contributed by atoms with Crippen LogP contribution in [0.25, 0.3) is 0 Å². The van der Waals surface area contributed by atoms with Gasteiger partial charge in [0.1, 0.15) is 5.78 Å². The Morgan fingerprint density at radius 3 is 2.47 bits per heavy atom. The van der Waals surface area contributed by atoms with E-state index in [1.807, 2.05) is 44.0 Å². The molecule has 0 aliphatic rings. The van der Waals surface area contributed by atoms with Crippen LogP contribution in [0.2, 0.25) is 0 Å². The van der Waals surface area contributed by atoms with Crippen molar-refractivity contribution in [3.05, 3.63) is 36.6 Å². The van der Waals surface area contributed by atoms with Crippen molar-refractivity contribution in [2.75, 3.05) is 6.54 Å². The van der Waals surface area contributed by atoms with Gasteiger partial charge >= 0.3 is 0 Å². The quantitative estimate of drug-likeness (QED) is 0.384. The third kappa shape index (κ3) is 6.51. The number of carbonyl (C=O) groups is 1. The second kappa shape index (κ2) is 8.50. The summed E-state index contributed by atoms with van der Waals surface area (Å²) in [5, 5.41) is 6.31. The van der Waals surface area contributed by atoms with Gasteiger partial charge in [-0.05, 0) is 33.8 Å². The molecule has 0 atom stereocenters. The molecule has 3 nitrogen and oxygen atoms in total. The first-order valence-corrected chi connectivity index (χ1v) is 5.81. The number of nitrogens with zero attached hydrogens (tertiary/aromatic N) is 2. The minimum Gasteiger partial charge on any atom is -0.300 e. The van der Waals surface area contributed by atoms with Crippen LogP contribution in [-0.2, 0) is 4.79 Å². The molecule has 0 N–H and O–H groups in total. The Morgan fingerprint density at radius 2 is 2.06 bits per heavy atom. The fraction of sp³-hybridized carbons (Fsp3) is 0.429. The van der Waals surface area contributed by atoms with Crippen molar-refractivity contribution in [2.45, 2.75) is 34.1 Å². The average molecular weight is 234 g/mol. The Hall–Kier alpha value is -1.64. The van der Waals surface area contributed by atoms with Gasteiger partial charge in [0.15, 0.2) is 0 Å². The van der Waals surface area contributed by atoms with E-state index >= 15 is 0 Å². The lowest BCUT2D eigenvalue weighted by Crippen LogP contribution is -2.17. The van der Waals surface area contributed by atoms with Crippen LogP contribution >= 0.6 is 0 Å². The molecule has 0 aliphatic carbocycles. The smallest absolute Gasteiger partial charge is 0.135 e. The maximum atomic E-state index is 11.0. The van der Waals surface area contributed by atoms with E-state index in [-0.39, 0.29) is 5.78 Å². The molecule has 17 heavy (non-hydrogen) atoms. The molecule has 0 aromatic rings. The lowest BCUT2D eigenvalue weighted by molar-refractivity contribution is -0.115. The van der Waals surface area contributed by atoms with Gasteiger partial charge in [-0.1, -0.05) is 24.8 Å². The number of hydrogen-bond donors (Lipinski definition) is 0. The normalized spacial score (nSPS) is 12.9. The average Bonchev–Trinajstić information content (AvgIpc) is 2.27. The van der Waals surface area contributed by atoms with Gasteiger partial charge in [0.2, 0.25) is 0 Å². The van der Waals surface area contributed by atoms with E-state index in [4.69, 9.17) is 0 Å². The zero-order valence-corrected chi connectivity index (χ0v) is 11.2. The summed E-state index contributed by atoms with van der Waals surface area (Å²) in [6, 6.07) is 0. The van der Waals surface area contributed by atoms with Crippen molar-refractivity contribution >= 4 is 11.5 Å². The monoisotopic (exact) mass is 234 g/mol. The van der Waals surface area contributed by atoms with Crippen LogP contribution in [0.3, 0.4) is 0 Å². The fourth-order valence-corrected chi connectivity index (χ4v) is 1.41. The number of ketones is 1. The fourth-order valence-electron chi connectivity index (χ4n) is 1.41. The van der Waals surface area contributed by atoms with E-state index in [0.29, 0.717) is 6.42 Å². The number of allylic oxidation sites excluding steroid dienone is 4. The summed E-state index contributed by atoms with van der Waals surface area (Å²) in [7, 11) is 0. The van der Waals surface area contributed by atoms with E-state index in [1.165, 1.54) is 0 Å². The Labute approximate surface area is 104 Å². The number of hydrogen-bond acceptors (Lipinski definition) is 3. The first kappa shape index (κ1) is 15.4. The van der Waals surface area contributed by atoms with Crippen LogP contribution in [0.5, 0.6) is 0 Å². The first-order chi connectivity index (χ1) is 8.04. The summed E-state index contributed by atoms with van der Waals surface area (Å²) in [4.78, 5) is 11.0. The SMILES string of the molecule is C=C/C=C\C(=C/C)N(CC)/N=C(/C)CC(C)=O. The molecule has 0 heterocycles. The first-order valence-electron chi connectivity index (χ1n) is 5.81. The topological polar surface area (TPSA) is 32.7 Å². The van der Waals surface area contributed by atoms with E-state index in [2.05, 4.69) is 11.7 Å². The van der Waals surface area contributed by atoms with Crippen molar-refractivity contribution < 1.29 is 4.79 Å². The van der Waals surface area contributed by atoms with Crippen LogP contribution < -0.4 is 0 Å². The summed E-state index contributed by atoms with van der Waals surface area (Å²) in [6.07, 6.45) is 7.92. The number of carbonyl (C=O) groups excluding carboxylic acids is 1. The molecule has 0 radical (unpaired) electrons. The zero-order valence-electron chi connectivity index (χ0n) is 11.2. The molecule has 0 saturated heterocycles. The second-order valence-corrected chi connectivity index (χ2v) is 3.74. The number of hydrazone groups is 1. The van der Waals surface area contributed by atoms with Gasteiger partial charge in [-0.3, -0.25) is 9.80 Å². The second-order valence-electron chi connectivity index (χ2n) is 3.74. The third-order valence-corrected chi connectivity index (χ3v) is 2.09. The number of Topliss-reactive ketones (excluding diaryl/α,β-unsaturated/α-hetero) is 1. The van der Waals surface area contributed by atoms with Crippen LogP contribution in [0.4, 0.5) is 0 Å². The molecule has 3 heteroatoms. The Balaban J connectivity index is 4.87. The highest BCUT2D eigenvalue weighted by Gasteiger charge is 2.04. The van der Waals surface area contributed by atoms with Crippen LogP contribution in [-0.4, -0.2) is 23.0 Å². The minimum atomic E-state index is 0.131. The van der Waals surface area contributed by atoms with Crippen molar-refractivity contribution in [1.29, 1.82) is 0 Å². The molecule has 0 bridgehead atoms. The summed E-state index contributed by atoms with van der Waals surface area (Å²) in [5.41, 5.74) is 1.82. The highest BCUT2D eigenvalue weighted by Crippen LogP contribution is 2.08. The largest absolute Gasteiger partial charge is 0.300 e. The summed E-state index contributed by atoms with van der Waals surface area (Å²) < 4.78 is 0. The summed E-state index contributed by atoms with van der Waals surface area (Å²) in [5.74, 6) is 0.131. The van der Waals surface area contributed by atoms with E-state index in [9.17, 15) is 4.79 Å². The predicted octanol–water partition coefficient (Wildman–Crippen LogP) is 3.31. The molecule has 0 aromatic heterocycles. The van der Waals surface area contributed by atoms with Gasteiger partial charge in [-0.15, -0.1) is 0 Å². The maximum absolute atomic E-state index is 11.0. The molecule has 0 aliphatic heterocycles. The van der Waals surface area contributed by atoms with Crippen LogP contribution in [0.15, 0.2) is 41.7 Å². The molecule has 0 fully saturated rings. The van der Waals surface area contributed by atoms with Gasteiger partial charge in [0, 0.05) is 18.7 Å². The third-order valence-electron chi connectivity index (χ3n) is 2.09. The van der Waals surface area contributed by atoms with Crippen molar-refractivity contribution in [3.8, 4) is 0 Å². The Kier molecular flexibility index (Phi) is 7.68. The Morgan fingerprint density at radius 1 is 1.41 bits per heavy atom. The number of likely N-dealkylation sites (N-methyl/N-ethyl adjacent to an activating group) is 1. The lowest BCUT2D eigenvalue weighted by atomic mass is 10.2. The van der Waals surface area contributed by atoms with Gasteiger partial charge < -0.3 is 0 Å². The molecular weight excluding hydrogens is 212 g/mol. The molecule has 0 unspecified atom stereocenters. The minimum absolute atomic E-state index is 0.131. The van der Waals surface area contributed by atoms with Gasteiger partial charge in [0.25, 0.3) is 0 Å². The lowest BCUT2D eigenvalue weighted by Gasteiger charge is -2.19. The van der Waals surface area contributed by atoms with Crippen molar-refractivity contribution in [1.82, 2.24) is 5.01 Å². The standard InChI is InChI=1S/C14H22N2O/c1-6-9-10-14(7-2)16(8-3)15-12(4)11-13(5)17/h6-7,9-10H,1,8,11H2,2-5H3/b10-9-,14-7+,15-12-. The molecule has 0 amide bonds. The van der Waals surface area contributed by atoms with Crippen LogP contribution in [0, 0.1) is 0 Å². The molecule has 0 saturated carbocycles. The molecular formula is C14H22N2O. The van der Waals surface area contributed by atoms with E-state index in [1.54, 1.807) is 13.0 Å². The van der Waals surface area contributed by atoms with E-state index in [0.717, 1.165) is 18.0 Å². The van der Waals surface area contributed by atoms with Gasteiger partial charge in [0.05, 0.1) is 5.70 Å². The Bertz CT molecular complexity index is 351. The van der Waals surface area contributed by atoms with Crippen LogP contribution in [0.1, 0.15) is 34.1 Å². The van der Waals surface area contributed by atoms with E-state index < -0.39 is 0 Å². The predicted molar refractivity (Wildman–Crippen MR) is 73.9 cm³/mol. The molecule has 0 spiro atoms. The maximum Gasteiger partial charge on any atom is 0.135 e. The highest BCUT2D eigenvalue weighted by molar-refractivity contribution is 5.99. The molecule has 94 valence electrons. The van der Waals surface area contributed by atoms with Crippen molar-refractivity contribution in [2.24, 2.45) is 5.10 Å². The molecule has 0 rings (SSSR count). The van der Waals surface area contributed by atoms with Crippen molar-refractivity contribution in [3.63, 3.8) is 0 Å². The molecule has 0 aromatic carbocycles. The van der Waals surface area contributed by atoms with Gasteiger partial charge in [-0.25, -0.2) is 0 Å². The zero-order chi connectivity index (χ0) is 13.3. The summed E-state index contributed by atoms with van der Waals surface area (Å²) >= 11 is 0. The highest BCUT2D eigenvalue weighted by atomic mass is 16.1. The summed E-state index contributed by atoms with van der Waals surface area (Å²) in [6.45, 7) is 11.8. The number of rotatable bonds is 7. The van der Waals surface area contributed by atoms with Gasteiger partial charge in [-0.2, -0.15) is 5.10 Å².